The molecular formula is C19H23FN2. The maximum absolute atomic E-state index is 13.7. The van der Waals surface area contributed by atoms with Crippen LogP contribution in [0.15, 0.2) is 18.2 Å². The average Bonchev–Trinajstić information content (AvgIpc) is 2.85. The first kappa shape index (κ1) is 13.1. The van der Waals surface area contributed by atoms with E-state index in [1.165, 1.54) is 37.1 Å². The molecule has 1 N–H and O–H groups in total. The van der Waals surface area contributed by atoms with Crippen molar-refractivity contribution in [3.8, 4) is 0 Å². The summed E-state index contributed by atoms with van der Waals surface area (Å²) in [6, 6.07) is 5.92. The molecule has 1 saturated carbocycles. The number of nitrogens with one attached hydrogen (secondary N) is 1. The van der Waals surface area contributed by atoms with Gasteiger partial charge in [-0.3, -0.25) is 4.90 Å². The van der Waals surface area contributed by atoms with Crippen molar-refractivity contribution in [2.45, 2.75) is 44.6 Å². The fraction of sp³-hybridized carbons (Fsp3) is 0.579. The van der Waals surface area contributed by atoms with Crippen LogP contribution in [0.5, 0.6) is 0 Å². The van der Waals surface area contributed by atoms with E-state index in [0.29, 0.717) is 12.0 Å². The first-order chi connectivity index (χ1) is 10.7. The first-order valence-corrected chi connectivity index (χ1v) is 8.78. The molecule has 2 nitrogen and oxygen atoms in total. The Kier molecular flexibility index (Phi) is 2.73. The summed E-state index contributed by atoms with van der Waals surface area (Å²) in [5.41, 5.74) is 3.94. The molecule has 22 heavy (non-hydrogen) atoms. The summed E-state index contributed by atoms with van der Waals surface area (Å²) in [7, 11) is 0. The number of hydrogen-bond donors (Lipinski definition) is 1. The normalized spacial score (nSPS) is 36.4. The van der Waals surface area contributed by atoms with E-state index < -0.39 is 0 Å². The molecule has 1 aliphatic carbocycles. The highest BCUT2D eigenvalue weighted by atomic mass is 19.1. The van der Waals surface area contributed by atoms with Gasteiger partial charge in [0.2, 0.25) is 0 Å². The molecule has 0 spiro atoms. The Morgan fingerprint density at radius 1 is 1.32 bits per heavy atom. The fourth-order valence-electron chi connectivity index (χ4n) is 5.67. The maximum Gasteiger partial charge on any atom is 0.123 e. The maximum atomic E-state index is 13.7. The minimum Gasteiger partial charge on any atom is -0.358 e. The zero-order valence-corrected chi connectivity index (χ0v) is 13.1. The van der Waals surface area contributed by atoms with Crippen molar-refractivity contribution in [3.63, 3.8) is 0 Å². The van der Waals surface area contributed by atoms with Crippen LogP contribution in [0, 0.1) is 17.7 Å². The molecule has 1 unspecified atom stereocenters. The van der Waals surface area contributed by atoms with Crippen LogP contribution in [0.25, 0.3) is 10.9 Å². The minimum atomic E-state index is -0.116. The molecule has 4 heterocycles. The van der Waals surface area contributed by atoms with E-state index in [9.17, 15) is 4.39 Å². The van der Waals surface area contributed by atoms with Gasteiger partial charge in [0.05, 0.1) is 0 Å². The molecule has 116 valence electrons. The lowest BCUT2D eigenvalue weighted by Gasteiger charge is -2.53. The third-order valence-corrected chi connectivity index (χ3v) is 6.48. The SMILES string of the molecule is CC[C@@H]1C[C@@H]2C[C@H]3c4[nH]c5ccc(F)cc5c4CCN(C2)[C@@H]13. The summed E-state index contributed by atoms with van der Waals surface area (Å²) in [6.07, 6.45) is 5.09. The van der Waals surface area contributed by atoms with Crippen LogP contribution in [0.3, 0.4) is 0 Å². The molecule has 2 aromatic rings. The predicted molar refractivity (Wildman–Crippen MR) is 86.6 cm³/mol. The smallest absolute Gasteiger partial charge is 0.123 e. The molecule has 4 aliphatic rings. The number of benzene rings is 1. The first-order valence-electron chi connectivity index (χ1n) is 8.78. The van der Waals surface area contributed by atoms with Crippen LogP contribution < -0.4 is 0 Å². The van der Waals surface area contributed by atoms with Gasteiger partial charge < -0.3 is 4.98 Å². The number of piperidine rings is 2. The van der Waals surface area contributed by atoms with Crippen molar-refractivity contribution in [1.82, 2.24) is 9.88 Å². The average molecular weight is 298 g/mol. The summed E-state index contributed by atoms with van der Waals surface area (Å²) in [5, 5.41) is 1.12. The Bertz CT molecular complexity index is 734. The highest BCUT2D eigenvalue weighted by molar-refractivity contribution is 5.85. The molecule has 3 aliphatic heterocycles. The fourth-order valence-corrected chi connectivity index (χ4v) is 5.67. The molecule has 3 heteroatoms. The molecule has 2 saturated heterocycles. The van der Waals surface area contributed by atoms with E-state index in [1.807, 2.05) is 6.07 Å². The number of aromatic nitrogens is 1. The summed E-state index contributed by atoms with van der Waals surface area (Å²) in [5.74, 6) is 2.21. The van der Waals surface area contributed by atoms with Crippen molar-refractivity contribution in [2.75, 3.05) is 13.1 Å². The van der Waals surface area contributed by atoms with E-state index in [-0.39, 0.29) is 5.82 Å². The van der Waals surface area contributed by atoms with E-state index in [4.69, 9.17) is 0 Å². The molecule has 1 aromatic heterocycles. The lowest BCUT2D eigenvalue weighted by atomic mass is 9.65. The molecule has 0 radical (unpaired) electrons. The van der Waals surface area contributed by atoms with Gasteiger partial charge in [0.25, 0.3) is 0 Å². The van der Waals surface area contributed by atoms with Crippen LogP contribution in [-0.4, -0.2) is 29.0 Å². The largest absolute Gasteiger partial charge is 0.358 e. The zero-order valence-electron chi connectivity index (χ0n) is 13.1. The van der Waals surface area contributed by atoms with Gasteiger partial charge in [0.1, 0.15) is 5.82 Å². The van der Waals surface area contributed by atoms with Crippen molar-refractivity contribution in [3.05, 3.63) is 35.3 Å². The van der Waals surface area contributed by atoms with Crippen LogP contribution in [0.1, 0.15) is 43.4 Å². The van der Waals surface area contributed by atoms with Gasteiger partial charge in [0, 0.05) is 41.6 Å². The van der Waals surface area contributed by atoms with Crippen molar-refractivity contribution >= 4 is 10.9 Å². The number of fused-ring (bicyclic) bond motifs is 4. The minimum absolute atomic E-state index is 0.116. The van der Waals surface area contributed by atoms with Gasteiger partial charge in [-0.15, -0.1) is 0 Å². The standard InChI is InChI=1S/C19H23FN2/c1-2-12-7-11-8-16-18-14(5-6-22(10-11)19(12)16)15-9-13(20)3-4-17(15)21-18/h3-4,9,11-12,16,19,21H,2,5-8,10H2,1H3/t11-,12-,16+,19+/m1/s1. The Balaban J connectivity index is 1.69. The Hall–Kier alpha value is -1.35. The van der Waals surface area contributed by atoms with Crippen LogP contribution >= 0.6 is 0 Å². The molecule has 0 amide bonds. The van der Waals surface area contributed by atoms with Gasteiger partial charge in [-0.05, 0) is 54.9 Å². The predicted octanol–water partition coefficient (Wildman–Crippen LogP) is 4.07. The van der Waals surface area contributed by atoms with Crippen LogP contribution in [0.4, 0.5) is 4.39 Å². The highest BCUT2D eigenvalue weighted by Gasteiger charge is 2.48. The van der Waals surface area contributed by atoms with Gasteiger partial charge >= 0.3 is 0 Å². The van der Waals surface area contributed by atoms with E-state index in [2.05, 4.69) is 16.8 Å². The monoisotopic (exact) mass is 298 g/mol. The summed E-state index contributed by atoms with van der Waals surface area (Å²) < 4.78 is 13.7. The van der Waals surface area contributed by atoms with Crippen LogP contribution in [0.2, 0.25) is 0 Å². The number of rotatable bonds is 1. The molecule has 6 rings (SSSR count). The second-order valence-corrected chi connectivity index (χ2v) is 7.55. The third-order valence-electron chi connectivity index (χ3n) is 6.48. The topological polar surface area (TPSA) is 19.0 Å². The van der Waals surface area contributed by atoms with E-state index in [0.717, 1.165) is 35.7 Å². The van der Waals surface area contributed by atoms with Crippen molar-refractivity contribution < 1.29 is 4.39 Å². The van der Waals surface area contributed by atoms with Gasteiger partial charge in [-0.25, -0.2) is 4.39 Å². The number of H-pyrrole nitrogens is 1. The number of aromatic amines is 1. The Morgan fingerprint density at radius 2 is 2.23 bits per heavy atom. The second-order valence-electron chi connectivity index (χ2n) is 7.55. The number of halogens is 1. The Morgan fingerprint density at radius 3 is 3.09 bits per heavy atom. The zero-order chi connectivity index (χ0) is 14.8. The van der Waals surface area contributed by atoms with Gasteiger partial charge in [-0.1, -0.05) is 13.3 Å². The summed E-state index contributed by atoms with van der Waals surface area (Å²) >= 11 is 0. The number of hydrogen-bond acceptors (Lipinski definition) is 1. The summed E-state index contributed by atoms with van der Waals surface area (Å²) in [6.45, 7) is 4.78. The van der Waals surface area contributed by atoms with Gasteiger partial charge in [0.15, 0.2) is 0 Å². The molecule has 1 aromatic carbocycles. The molecule has 4 bridgehead atoms. The van der Waals surface area contributed by atoms with E-state index >= 15 is 0 Å². The highest BCUT2D eigenvalue weighted by Crippen LogP contribution is 2.50. The molecule has 3 fully saturated rings. The molecule has 5 atom stereocenters. The van der Waals surface area contributed by atoms with Crippen LogP contribution in [-0.2, 0) is 6.42 Å². The molecular weight excluding hydrogens is 275 g/mol. The summed E-state index contributed by atoms with van der Waals surface area (Å²) in [4.78, 5) is 6.42. The van der Waals surface area contributed by atoms with Gasteiger partial charge in [-0.2, -0.15) is 0 Å². The Labute approximate surface area is 130 Å². The number of nitrogens with zero attached hydrogens (tertiary/aromatic N) is 1. The lowest BCUT2D eigenvalue weighted by molar-refractivity contribution is -0.0134. The quantitative estimate of drug-likeness (QED) is 0.841. The lowest BCUT2D eigenvalue weighted by Crippen LogP contribution is -2.56. The van der Waals surface area contributed by atoms with Crippen molar-refractivity contribution in [2.24, 2.45) is 11.8 Å². The second kappa shape index (κ2) is 4.58. The third kappa shape index (κ3) is 1.69. The van der Waals surface area contributed by atoms with E-state index in [1.54, 1.807) is 12.1 Å². The van der Waals surface area contributed by atoms with Crippen molar-refractivity contribution in [1.29, 1.82) is 0 Å².